The molecule has 0 bridgehead atoms. The molecule has 0 radical (unpaired) electrons. The van der Waals surface area contributed by atoms with Crippen LogP contribution in [0.4, 0.5) is 0 Å². The summed E-state index contributed by atoms with van der Waals surface area (Å²) < 4.78 is 11.8. The van der Waals surface area contributed by atoms with E-state index in [1.54, 1.807) is 0 Å². The molecule has 0 atom stereocenters. The van der Waals surface area contributed by atoms with Gasteiger partial charge in [-0.3, -0.25) is 0 Å². The summed E-state index contributed by atoms with van der Waals surface area (Å²) in [5.41, 5.74) is 3.29. The van der Waals surface area contributed by atoms with Crippen LogP contribution in [-0.2, 0) is 12.8 Å². The molecule has 3 aromatic rings. The molecule has 0 saturated carbocycles. The highest BCUT2D eigenvalue weighted by Gasteiger charge is 2.15. The molecule has 3 nitrogen and oxygen atoms in total. The lowest BCUT2D eigenvalue weighted by Gasteiger charge is -2.16. The van der Waals surface area contributed by atoms with E-state index in [9.17, 15) is 4.79 Å². The van der Waals surface area contributed by atoms with Crippen molar-refractivity contribution < 1.29 is 14.3 Å². The first-order valence-corrected chi connectivity index (χ1v) is 13.2. The second-order valence-corrected chi connectivity index (χ2v) is 9.54. The topological polar surface area (TPSA) is 35.5 Å². The fourth-order valence-corrected chi connectivity index (χ4v) is 4.89. The molecule has 0 saturated heterocycles. The second kappa shape index (κ2) is 12.6. The van der Waals surface area contributed by atoms with E-state index in [0.717, 1.165) is 42.4 Å². The number of hydrogen-bond acceptors (Lipinski definition) is 3. The Hall–Kier alpha value is -2.81. The molecule has 0 spiro atoms. The number of carbonyl (C=O) groups is 1. The van der Waals surface area contributed by atoms with Gasteiger partial charge in [-0.15, -0.1) is 0 Å². The number of aryl methyl sites for hydroxylation is 2. The minimum atomic E-state index is -0.311. The maximum atomic E-state index is 13.0. The monoisotopic (exact) mass is 458 g/mol. The Bertz CT molecular complexity index is 1090. The summed E-state index contributed by atoms with van der Waals surface area (Å²) in [6.45, 7) is 2.99. The fraction of sp³-hybridized carbons (Fsp3) is 0.452. The summed E-state index contributed by atoms with van der Waals surface area (Å²) >= 11 is 0. The van der Waals surface area contributed by atoms with Crippen molar-refractivity contribution >= 4 is 16.7 Å². The first-order chi connectivity index (χ1) is 16.7. The summed E-state index contributed by atoms with van der Waals surface area (Å²) in [6, 6.07) is 17.8. The van der Waals surface area contributed by atoms with Crippen molar-refractivity contribution in [3.63, 3.8) is 0 Å². The highest BCUT2D eigenvalue weighted by molar-refractivity contribution is 6.05. The van der Waals surface area contributed by atoms with Crippen LogP contribution in [0.15, 0.2) is 54.6 Å². The molecule has 180 valence electrons. The first kappa shape index (κ1) is 24.3. The van der Waals surface area contributed by atoms with E-state index in [4.69, 9.17) is 9.47 Å². The van der Waals surface area contributed by atoms with E-state index < -0.39 is 0 Å². The zero-order valence-corrected chi connectivity index (χ0v) is 20.6. The average Bonchev–Trinajstić information content (AvgIpc) is 2.87. The third-order valence-electron chi connectivity index (χ3n) is 6.87. The van der Waals surface area contributed by atoms with Gasteiger partial charge in [-0.2, -0.15) is 0 Å². The number of carbonyl (C=O) groups excluding carboxylic acids is 1. The molecule has 1 aliphatic carbocycles. The molecule has 0 unspecified atom stereocenters. The quantitative estimate of drug-likeness (QED) is 0.155. The van der Waals surface area contributed by atoms with Gasteiger partial charge in [0.05, 0.1) is 12.2 Å². The van der Waals surface area contributed by atoms with Gasteiger partial charge in [0.15, 0.2) is 0 Å². The van der Waals surface area contributed by atoms with Crippen LogP contribution in [0.25, 0.3) is 10.8 Å². The zero-order chi connectivity index (χ0) is 23.6. The fourth-order valence-electron chi connectivity index (χ4n) is 4.89. The Kier molecular flexibility index (Phi) is 9.01. The van der Waals surface area contributed by atoms with Gasteiger partial charge in [-0.25, -0.2) is 4.79 Å². The maximum absolute atomic E-state index is 13.0. The van der Waals surface area contributed by atoms with Gasteiger partial charge < -0.3 is 9.47 Å². The van der Waals surface area contributed by atoms with Crippen molar-refractivity contribution in [1.82, 2.24) is 0 Å². The molecule has 0 aliphatic heterocycles. The van der Waals surface area contributed by atoms with Gasteiger partial charge in [-0.05, 0) is 90.4 Å². The van der Waals surface area contributed by atoms with E-state index in [0.29, 0.717) is 11.3 Å². The van der Waals surface area contributed by atoms with Gasteiger partial charge in [0.1, 0.15) is 11.5 Å². The molecule has 0 heterocycles. The minimum absolute atomic E-state index is 0.311. The molecule has 0 amide bonds. The van der Waals surface area contributed by atoms with Crippen LogP contribution in [-0.4, -0.2) is 12.6 Å². The van der Waals surface area contributed by atoms with Crippen molar-refractivity contribution in [1.29, 1.82) is 0 Å². The SMILES string of the molecule is CCCCCCCCCCOc1ccc2c(C(=O)Oc3ccc4c(c3)CCCC4)cccc2c1. The standard InChI is InChI=1S/C31H38O3/c1-2-3-4-5-6-7-8-11-21-33-27-19-20-29-26(23-27)15-12-16-30(29)31(32)34-28-18-17-24-13-9-10-14-25(24)22-28/h12,15-20,22-23H,2-11,13-14,21H2,1H3. The average molecular weight is 459 g/mol. The predicted octanol–water partition coefficient (Wildman–Crippen LogP) is 8.46. The molecule has 34 heavy (non-hydrogen) atoms. The summed E-state index contributed by atoms with van der Waals surface area (Å²) in [5.74, 6) is 1.18. The number of unbranched alkanes of at least 4 members (excludes halogenated alkanes) is 7. The van der Waals surface area contributed by atoms with Gasteiger partial charge in [-0.1, -0.05) is 70.1 Å². The second-order valence-electron chi connectivity index (χ2n) is 9.54. The van der Waals surface area contributed by atoms with E-state index >= 15 is 0 Å². The van der Waals surface area contributed by atoms with Crippen LogP contribution in [0.3, 0.4) is 0 Å². The van der Waals surface area contributed by atoms with E-state index in [1.165, 1.54) is 68.9 Å². The number of ether oxygens (including phenoxy) is 2. The Morgan fingerprint density at radius 1 is 0.765 bits per heavy atom. The van der Waals surface area contributed by atoms with Crippen molar-refractivity contribution in [3.05, 3.63) is 71.3 Å². The van der Waals surface area contributed by atoms with Crippen LogP contribution in [0.5, 0.6) is 11.5 Å². The number of esters is 1. The third-order valence-corrected chi connectivity index (χ3v) is 6.87. The zero-order valence-electron chi connectivity index (χ0n) is 20.6. The molecule has 3 aromatic carbocycles. The van der Waals surface area contributed by atoms with Crippen LogP contribution in [0, 0.1) is 0 Å². The minimum Gasteiger partial charge on any atom is -0.494 e. The summed E-state index contributed by atoms with van der Waals surface area (Å²) in [4.78, 5) is 13.0. The molecule has 0 N–H and O–H groups in total. The number of rotatable bonds is 12. The number of benzene rings is 3. The van der Waals surface area contributed by atoms with Gasteiger partial charge in [0, 0.05) is 0 Å². The normalized spacial score (nSPS) is 13.0. The smallest absolute Gasteiger partial charge is 0.344 e. The molecular weight excluding hydrogens is 420 g/mol. The molecule has 0 aromatic heterocycles. The first-order valence-electron chi connectivity index (χ1n) is 13.2. The highest BCUT2D eigenvalue weighted by atomic mass is 16.5. The summed E-state index contributed by atoms with van der Waals surface area (Å²) in [7, 11) is 0. The van der Waals surface area contributed by atoms with Crippen molar-refractivity contribution in [2.24, 2.45) is 0 Å². The Morgan fingerprint density at radius 3 is 2.32 bits per heavy atom. The third kappa shape index (κ3) is 6.62. The van der Waals surface area contributed by atoms with Crippen LogP contribution < -0.4 is 9.47 Å². The van der Waals surface area contributed by atoms with Gasteiger partial charge >= 0.3 is 5.97 Å². The highest BCUT2D eigenvalue weighted by Crippen LogP contribution is 2.28. The largest absolute Gasteiger partial charge is 0.494 e. The van der Waals surface area contributed by atoms with E-state index in [2.05, 4.69) is 13.0 Å². The van der Waals surface area contributed by atoms with E-state index in [1.807, 2.05) is 48.5 Å². The lowest BCUT2D eigenvalue weighted by atomic mass is 9.92. The lowest BCUT2D eigenvalue weighted by molar-refractivity contribution is 0.0736. The van der Waals surface area contributed by atoms with Crippen LogP contribution in [0.2, 0.25) is 0 Å². The molecule has 0 fully saturated rings. The van der Waals surface area contributed by atoms with Crippen LogP contribution >= 0.6 is 0 Å². The van der Waals surface area contributed by atoms with Crippen LogP contribution in [0.1, 0.15) is 92.6 Å². The Morgan fingerprint density at radius 2 is 1.50 bits per heavy atom. The molecule has 4 rings (SSSR count). The van der Waals surface area contributed by atoms with Gasteiger partial charge in [0.2, 0.25) is 0 Å². The van der Waals surface area contributed by atoms with Crippen molar-refractivity contribution in [2.75, 3.05) is 6.61 Å². The summed E-state index contributed by atoms with van der Waals surface area (Å²) in [6.07, 6.45) is 15.0. The van der Waals surface area contributed by atoms with Crippen molar-refractivity contribution in [3.8, 4) is 11.5 Å². The Balaban J connectivity index is 1.31. The number of hydrogen-bond donors (Lipinski definition) is 0. The Labute approximate surface area is 204 Å². The molecular formula is C31H38O3. The van der Waals surface area contributed by atoms with Gasteiger partial charge in [0.25, 0.3) is 0 Å². The molecule has 1 aliphatic rings. The summed E-state index contributed by atoms with van der Waals surface area (Å²) in [5, 5.41) is 1.89. The maximum Gasteiger partial charge on any atom is 0.344 e. The van der Waals surface area contributed by atoms with Crippen molar-refractivity contribution in [2.45, 2.75) is 84.0 Å². The van der Waals surface area contributed by atoms with E-state index in [-0.39, 0.29) is 5.97 Å². The molecule has 3 heteroatoms. The predicted molar refractivity (Wildman–Crippen MR) is 140 cm³/mol. The number of fused-ring (bicyclic) bond motifs is 2. The lowest BCUT2D eigenvalue weighted by Crippen LogP contribution is -2.10.